The van der Waals surface area contributed by atoms with Crippen LogP contribution in [0, 0.1) is 0 Å². The van der Waals surface area contributed by atoms with Crippen molar-refractivity contribution >= 4 is 0 Å². The Balaban J connectivity index is 1.88. The number of hydrogen-bond donors (Lipinski definition) is 1. The first-order valence-electron chi connectivity index (χ1n) is 4.25. The summed E-state index contributed by atoms with van der Waals surface area (Å²) in [7, 11) is 0. The summed E-state index contributed by atoms with van der Waals surface area (Å²) < 4.78 is 5.10. The van der Waals surface area contributed by atoms with E-state index in [4.69, 9.17) is 10.5 Å². The molecule has 0 bridgehead atoms. The Bertz CT molecular complexity index is 254. The second kappa shape index (κ2) is 2.88. The Kier molecular flexibility index (Phi) is 1.87. The molecule has 0 radical (unpaired) electrons. The zero-order chi connectivity index (χ0) is 8.44. The smallest absolute Gasteiger partial charge is 0.140 e. The minimum Gasteiger partial charge on any atom is -0.354 e. The lowest BCUT2D eigenvalue weighted by molar-refractivity contribution is 0.296. The molecule has 1 heterocycles. The van der Waals surface area contributed by atoms with Gasteiger partial charge in [0.05, 0.1) is 6.61 Å². The maximum atomic E-state index is 5.77. The van der Waals surface area contributed by atoms with Gasteiger partial charge in [-0.25, -0.2) is 0 Å². The third kappa shape index (κ3) is 1.84. The Morgan fingerprint density at radius 1 is 1.33 bits per heavy atom. The maximum absolute atomic E-state index is 5.77. The molecular formula is C10H13NO. The van der Waals surface area contributed by atoms with E-state index in [9.17, 15) is 0 Å². The van der Waals surface area contributed by atoms with Crippen LogP contribution in [0.5, 0.6) is 0 Å². The fourth-order valence-electron chi connectivity index (χ4n) is 1.24. The van der Waals surface area contributed by atoms with E-state index in [0.29, 0.717) is 0 Å². The van der Waals surface area contributed by atoms with Crippen molar-refractivity contribution in [1.82, 2.24) is 0 Å². The molecule has 1 aromatic rings. The van der Waals surface area contributed by atoms with Gasteiger partial charge < -0.3 is 10.5 Å². The van der Waals surface area contributed by atoms with Gasteiger partial charge in [-0.1, -0.05) is 30.3 Å². The highest BCUT2D eigenvalue weighted by Gasteiger charge is 2.39. The number of hydrogen-bond acceptors (Lipinski definition) is 2. The average molecular weight is 163 g/mol. The van der Waals surface area contributed by atoms with E-state index in [-0.39, 0.29) is 5.72 Å². The van der Waals surface area contributed by atoms with Gasteiger partial charge in [-0.2, -0.15) is 0 Å². The van der Waals surface area contributed by atoms with Gasteiger partial charge in [0, 0.05) is 0 Å². The van der Waals surface area contributed by atoms with Crippen LogP contribution in [0.2, 0.25) is 0 Å². The second-order valence-electron chi connectivity index (χ2n) is 3.34. The molecule has 0 spiro atoms. The summed E-state index contributed by atoms with van der Waals surface area (Å²) >= 11 is 0. The number of ether oxygens (including phenoxy) is 1. The fourth-order valence-corrected chi connectivity index (χ4v) is 1.24. The van der Waals surface area contributed by atoms with Gasteiger partial charge in [0.15, 0.2) is 0 Å². The standard InChI is InChI=1S/C10H13NO/c11-10(8-12-10)7-6-9-4-2-1-3-5-9/h1-5H,6-8,11H2. The molecule has 1 aromatic carbocycles. The molecular weight excluding hydrogens is 150 g/mol. The average Bonchev–Trinajstić information content (AvgIpc) is 2.84. The first-order valence-corrected chi connectivity index (χ1v) is 4.25. The molecule has 64 valence electrons. The first-order chi connectivity index (χ1) is 5.79. The van der Waals surface area contributed by atoms with Crippen molar-refractivity contribution < 1.29 is 4.74 Å². The predicted octanol–water partition coefficient (Wildman–Crippen LogP) is 1.30. The molecule has 2 heteroatoms. The zero-order valence-electron chi connectivity index (χ0n) is 6.99. The largest absolute Gasteiger partial charge is 0.354 e. The summed E-state index contributed by atoms with van der Waals surface area (Å²) in [6, 6.07) is 10.4. The maximum Gasteiger partial charge on any atom is 0.140 e. The van der Waals surface area contributed by atoms with Gasteiger partial charge in [-0.15, -0.1) is 0 Å². The van der Waals surface area contributed by atoms with Crippen LogP contribution >= 0.6 is 0 Å². The van der Waals surface area contributed by atoms with Gasteiger partial charge in [-0.05, 0) is 18.4 Å². The summed E-state index contributed by atoms with van der Waals surface area (Å²) in [4.78, 5) is 0. The van der Waals surface area contributed by atoms with Crippen molar-refractivity contribution in [3.8, 4) is 0 Å². The molecule has 1 aliphatic heterocycles. The van der Waals surface area contributed by atoms with Crippen LogP contribution in [0.25, 0.3) is 0 Å². The Labute approximate surface area is 72.3 Å². The Morgan fingerprint density at radius 2 is 2.00 bits per heavy atom. The monoisotopic (exact) mass is 163 g/mol. The van der Waals surface area contributed by atoms with E-state index in [2.05, 4.69) is 12.1 Å². The molecule has 0 aliphatic carbocycles. The highest BCUT2D eigenvalue weighted by Crippen LogP contribution is 2.25. The van der Waals surface area contributed by atoms with Crippen molar-refractivity contribution in [2.75, 3.05) is 6.61 Å². The van der Waals surface area contributed by atoms with Crippen LogP contribution in [0.4, 0.5) is 0 Å². The molecule has 0 saturated carbocycles. The van der Waals surface area contributed by atoms with Crippen LogP contribution in [0.1, 0.15) is 12.0 Å². The minimum atomic E-state index is -0.296. The van der Waals surface area contributed by atoms with Crippen molar-refractivity contribution in [2.45, 2.75) is 18.6 Å². The van der Waals surface area contributed by atoms with Gasteiger partial charge in [0.2, 0.25) is 0 Å². The lowest BCUT2D eigenvalue weighted by Gasteiger charge is -2.04. The molecule has 1 unspecified atom stereocenters. The normalized spacial score (nSPS) is 27.1. The SMILES string of the molecule is NC1(CCc2ccccc2)CO1. The van der Waals surface area contributed by atoms with Crippen LogP contribution in [0.15, 0.2) is 30.3 Å². The lowest BCUT2D eigenvalue weighted by Crippen LogP contribution is -2.24. The molecule has 12 heavy (non-hydrogen) atoms. The molecule has 0 aromatic heterocycles. The van der Waals surface area contributed by atoms with Gasteiger partial charge in [0.1, 0.15) is 5.72 Å². The summed E-state index contributed by atoms with van der Waals surface area (Å²) in [6.07, 6.45) is 1.94. The fraction of sp³-hybridized carbons (Fsp3) is 0.400. The highest BCUT2D eigenvalue weighted by atomic mass is 16.6. The molecule has 1 saturated heterocycles. The summed E-state index contributed by atoms with van der Waals surface area (Å²) in [6.45, 7) is 0.722. The summed E-state index contributed by atoms with van der Waals surface area (Å²) in [5.74, 6) is 0. The molecule has 1 atom stereocenters. The minimum absolute atomic E-state index is 0.296. The van der Waals surface area contributed by atoms with Crippen molar-refractivity contribution in [3.63, 3.8) is 0 Å². The zero-order valence-corrected chi connectivity index (χ0v) is 6.99. The molecule has 2 nitrogen and oxygen atoms in total. The van der Waals surface area contributed by atoms with Crippen LogP contribution in [0.3, 0.4) is 0 Å². The predicted molar refractivity (Wildman–Crippen MR) is 47.6 cm³/mol. The molecule has 1 fully saturated rings. The van der Waals surface area contributed by atoms with Crippen molar-refractivity contribution in [1.29, 1.82) is 0 Å². The number of nitrogens with two attached hydrogens (primary N) is 1. The van der Waals surface area contributed by atoms with Crippen LogP contribution in [-0.4, -0.2) is 12.3 Å². The van der Waals surface area contributed by atoms with Crippen LogP contribution in [-0.2, 0) is 11.2 Å². The molecule has 2 N–H and O–H groups in total. The third-order valence-corrected chi connectivity index (χ3v) is 2.19. The van der Waals surface area contributed by atoms with Crippen molar-refractivity contribution in [3.05, 3.63) is 35.9 Å². The number of benzene rings is 1. The lowest BCUT2D eigenvalue weighted by atomic mass is 10.1. The van der Waals surface area contributed by atoms with E-state index in [1.807, 2.05) is 18.2 Å². The van der Waals surface area contributed by atoms with Gasteiger partial charge in [-0.3, -0.25) is 0 Å². The van der Waals surface area contributed by atoms with E-state index in [0.717, 1.165) is 19.4 Å². The first kappa shape index (κ1) is 7.77. The Morgan fingerprint density at radius 3 is 2.58 bits per heavy atom. The quantitative estimate of drug-likeness (QED) is 0.682. The van der Waals surface area contributed by atoms with E-state index < -0.39 is 0 Å². The van der Waals surface area contributed by atoms with E-state index >= 15 is 0 Å². The van der Waals surface area contributed by atoms with Gasteiger partial charge in [0.25, 0.3) is 0 Å². The number of epoxide rings is 1. The summed E-state index contributed by atoms with van der Waals surface area (Å²) in [5, 5.41) is 0. The molecule has 0 amide bonds. The summed E-state index contributed by atoms with van der Waals surface area (Å²) in [5.41, 5.74) is 6.81. The topological polar surface area (TPSA) is 38.5 Å². The second-order valence-corrected chi connectivity index (χ2v) is 3.34. The molecule has 2 rings (SSSR count). The van der Waals surface area contributed by atoms with E-state index in [1.54, 1.807) is 0 Å². The highest BCUT2D eigenvalue weighted by molar-refractivity contribution is 5.15. The van der Waals surface area contributed by atoms with Crippen molar-refractivity contribution in [2.24, 2.45) is 5.73 Å². The number of aryl methyl sites for hydroxylation is 1. The van der Waals surface area contributed by atoms with Crippen LogP contribution < -0.4 is 5.73 Å². The number of rotatable bonds is 3. The molecule has 1 aliphatic rings. The van der Waals surface area contributed by atoms with E-state index in [1.165, 1.54) is 5.56 Å². The third-order valence-electron chi connectivity index (χ3n) is 2.19. The van der Waals surface area contributed by atoms with Gasteiger partial charge >= 0.3 is 0 Å². The Hall–Kier alpha value is -0.860.